The third kappa shape index (κ3) is 4.84. The first-order chi connectivity index (χ1) is 15.2. The van der Waals surface area contributed by atoms with E-state index < -0.39 is 14.9 Å². The lowest BCUT2D eigenvalue weighted by atomic mass is 10.3. The summed E-state index contributed by atoms with van der Waals surface area (Å²) in [5, 5.41) is 18.0. The molecule has 2 aromatic heterocycles. The van der Waals surface area contributed by atoms with Crippen molar-refractivity contribution >= 4 is 49.5 Å². The van der Waals surface area contributed by atoms with Crippen LogP contribution in [0.15, 0.2) is 35.5 Å². The first-order valence-electron chi connectivity index (χ1n) is 9.75. The summed E-state index contributed by atoms with van der Waals surface area (Å²) in [5.41, 5.74) is 0.919. The van der Waals surface area contributed by atoms with Gasteiger partial charge >= 0.3 is 5.69 Å². The fourth-order valence-electron chi connectivity index (χ4n) is 2.92. The Labute approximate surface area is 189 Å². The smallest absolute Gasteiger partial charge is 0.334 e. The van der Waals surface area contributed by atoms with Crippen molar-refractivity contribution in [1.29, 1.82) is 0 Å². The number of rotatable bonds is 9. The summed E-state index contributed by atoms with van der Waals surface area (Å²) >= 11 is 1.36. The summed E-state index contributed by atoms with van der Waals surface area (Å²) in [6.07, 6.45) is 1.20. The largest absolute Gasteiger partial charge is 0.353 e. The average Bonchev–Trinajstić information content (AvgIpc) is 3.05. The zero-order chi connectivity index (χ0) is 23.5. The van der Waals surface area contributed by atoms with Crippen molar-refractivity contribution in [3.8, 4) is 0 Å². The first kappa shape index (κ1) is 23.5. The number of aryl methyl sites for hydroxylation is 2. The molecule has 1 aromatic carbocycles. The maximum absolute atomic E-state index is 12.6. The van der Waals surface area contributed by atoms with E-state index in [-0.39, 0.29) is 22.2 Å². The van der Waals surface area contributed by atoms with Crippen LogP contribution in [0, 0.1) is 24.0 Å². The van der Waals surface area contributed by atoms with Crippen molar-refractivity contribution in [1.82, 2.24) is 19.3 Å². The van der Waals surface area contributed by atoms with Crippen LogP contribution in [0.25, 0.3) is 0 Å². The van der Waals surface area contributed by atoms with E-state index in [9.17, 15) is 18.5 Å². The highest BCUT2D eigenvalue weighted by Gasteiger charge is 2.25. The van der Waals surface area contributed by atoms with Crippen LogP contribution in [0.2, 0.25) is 0 Å². The Morgan fingerprint density at radius 1 is 1.06 bits per heavy atom. The monoisotopic (exact) mass is 477 g/mol. The quantitative estimate of drug-likeness (QED) is 0.345. The standard InChI is InChI=1S/C19H23N7O4S2/c1-5-25(6-2)32(29,30)15-9-7-14(8-10-15)23-17-16(26(27)28)18(21-11-20-17)24-19-22-12(3)13(4)31-19/h7-11H,5-6H2,1-4H3,(H2,20,21,22,23,24). The van der Waals surface area contributed by atoms with Crippen LogP contribution in [0.4, 0.5) is 28.1 Å². The van der Waals surface area contributed by atoms with Gasteiger partial charge in [0.15, 0.2) is 5.13 Å². The van der Waals surface area contributed by atoms with Gasteiger partial charge in [0.25, 0.3) is 0 Å². The molecule has 0 aliphatic heterocycles. The molecule has 0 spiro atoms. The van der Waals surface area contributed by atoms with E-state index in [4.69, 9.17) is 0 Å². The minimum atomic E-state index is -3.60. The maximum atomic E-state index is 12.6. The van der Waals surface area contributed by atoms with Gasteiger partial charge < -0.3 is 10.6 Å². The van der Waals surface area contributed by atoms with Crippen LogP contribution in [0.3, 0.4) is 0 Å². The van der Waals surface area contributed by atoms with Crippen molar-refractivity contribution in [2.45, 2.75) is 32.6 Å². The molecule has 3 rings (SSSR count). The van der Waals surface area contributed by atoms with Crippen LogP contribution < -0.4 is 10.6 Å². The number of nitro groups is 1. The van der Waals surface area contributed by atoms with E-state index in [0.717, 1.165) is 10.6 Å². The molecule has 0 atom stereocenters. The van der Waals surface area contributed by atoms with E-state index in [0.29, 0.717) is 23.9 Å². The van der Waals surface area contributed by atoms with Crippen molar-refractivity contribution in [3.63, 3.8) is 0 Å². The molecule has 170 valence electrons. The Hall–Kier alpha value is -3.16. The molecule has 0 radical (unpaired) electrons. The highest BCUT2D eigenvalue weighted by molar-refractivity contribution is 7.89. The second-order valence-corrected chi connectivity index (χ2v) is 9.84. The van der Waals surface area contributed by atoms with Gasteiger partial charge in [-0.25, -0.2) is 23.4 Å². The molecule has 0 saturated heterocycles. The van der Waals surface area contributed by atoms with Gasteiger partial charge in [-0.15, -0.1) is 11.3 Å². The summed E-state index contributed by atoms with van der Waals surface area (Å²) < 4.78 is 26.6. The molecular weight excluding hydrogens is 454 g/mol. The zero-order valence-electron chi connectivity index (χ0n) is 18.0. The Morgan fingerprint density at radius 3 is 2.16 bits per heavy atom. The Morgan fingerprint density at radius 2 is 1.66 bits per heavy atom. The number of sulfonamides is 1. The van der Waals surface area contributed by atoms with Crippen LogP contribution >= 0.6 is 11.3 Å². The van der Waals surface area contributed by atoms with Crippen LogP contribution in [0.1, 0.15) is 24.4 Å². The third-order valence-corrected chi connectivity index (χ3v) is 7.77. The van der Waals surface area contributed by atoms with Crippen LogP contribution in [-0.2, 0) is 10.0 Å². The second kappa shape index (κ2) is 9.54. The molecule has 2 N–H and O–H groups in total. The summed E-state index contributed by atoms with van der Waals surface area (Å²) in [4.78, 5) is 24.6. The van der Waals surface area contributed by atoms with Gasteiger partial charge in [-0.1, -0.05) is 13.8 Å². The number of nitrogens with one attached hydrogen (secondary N) is 2. The molecule has 2 heterocycles. The Kier molecular flexibility index (Phi) is 7.01. The van der Waals surface area contributed by atoms with Crippen molar-refractivity contribution in [2.75, 3.05) is 23.7 Å². The SMILES string of the molecule is CCN(CC)S(=O)(=O)c1ccc(Nc2ncnc(Nc3nc(C)c(C)s3)c2[N+](=O)[O-])cc1. The number of nitrogens with zero attached hydrogens (tertiary/aromatic N) is 5. The van der Waals surface area contributed by atoms with Crippen molar-refractivity contribution < 1.29 is 13.3 Å². The predicted molar refractivity (Wildman–Crippen MR) is 123 cm³/mol. The number of hydrogen-bond acceptors (Lipinski definition) is 10. The van der Waals surface area contributed by atoms with Crippen molar-refractivity contribution in [2.24, 2.45) is 0 Å². The molecule has 0 fully saturated rings. The summed E-state index contributed by atoms with van der Waals surface area (Å²) in [6.45, 7) is 8.02. The van der Waals surface area contributed by atoms with Gasteiger partial charge in [-0.05, 0) is 38.1 Å². The molecule has 0 unspecified atom stereocenters. The molecule has 13 heteroatoms. The number of benzene rings is 1. The summed E-state index contributed by atoms with van der Waals surface area (Å²) in [6, 6.07) is 5.96. The van der Waals surface area contributed by atoms with Gasteiger partial charge in [0.05, 0.1) is 15.5 Å². The molecule has 0 bridgehead atoms. The highest BCUT2D eigenvalue weighted by atomic mass is 32.2. The lowest BCUT2D eigenvalue weighted by Crippen LogP contribution is -2.30. The molecule has 0 saturated carbocycles. The van der Waals surface area contributed by atoms with Gasteiger partial charge in [-0.2, -0.15) is 4.31 Å². The molecule has 0 aliphatic rings. The molecule has 11 nitrogen and oxygen atoms in total. The van der Waals surface area contributed by atoms with Crippen molar-refractivity contribution in [3.05, 3.63) is 51.3 Å². The molecule has 0 amide bonds. The summed E-state index contributed by atoms with van der Waals surface area (Å²) in [5.74, 6) is -0.0289. The van der Waals surface area contributed by atoms with E-state index in [1.807, 2.05) is 13.8 Å². The van der Waals surface area contributed by atoms with Crippen LogP contribution in [-0.4, -0.2) is 45.7 Å². The predicted octanol–water partition coefficient (Wildman–Crippen LogP) is 3.98. The lowest BCUT2D eigenvalue weighted by Gasteiger charge is -2.18. The van der Waals surface area contributed by atoms with E-state index in [2.05, 4.69) is 25.6 Å². The number of aromatic nitrogens is 3. The van der Waals surface area contributed by atoms with Gasteiger partial charge in [0.1, 0.15) is 6.33 Å². The number of hydrogen-bond donors (Lipinski definition) is 2. The number of thiazole rings is 1. The zero-order valence-corrected chi connectivity index (χ0v) is 19.6. The Balaban J connectivity index is 1.89. The molecule has 32 heavy (non-hydrogen) atoms. The fourth-order valence-corrected chi connectivity index (χ4v) is 5.19. The maximum Gasteiger partial charge on any atom is 0.353 e. The normalized spacial score (nSPS) is 11.5. The minimum absolute atomic E-state index is 0.00183. The second-order valence-electron chi connectivity index (χ2n) is 6.70. The average molecular weight is 478 g/mol. The van der Waals surface area contributed by atoms with Gasteiger partial charge in [0.2, 0.25) is 21.7 Å². The highest BCUT2D eigenvalue weighted by Crippen LogP contribution is 2.34. The van der Waals surface area contributed by atoms with Gasteiger partial charge in [0, 0.05) is 23.7 Å². The third-order valence-electron chi connectivity index (χ3n) is 4.72. The molecule has 3 aromatic rings. The van der Waals surface area contributed by atoms with E-state index in [1.54, 1.807) is 13.8 Å². The molecular formula is C19H23N7O4S2. The topological polar surface area (TPSA) is 143 Å². The molecule has 0 aliphatic carbocycles. The number of anilines is 4. The summed E-state index contributed by atoms with van der Waals surface area (Å²) in [7, 11) is -3.60. The first-order valence-corrected chi connectivity index (χ1v) is 12.0. The van der Waals surface area contributed by atoms with E-state index in [1.165, 1.54) is 46.2 Å². The van der Waals surface area contributed by atoms with E-state index >= 15 is 0 Å². The fraction of sp³-hybridized carbons (Fsp3) is 0.316. The lowest BCUT2D eigenvalue weighted by molar-refractivity contribution is -0.383. The minimum Gasteiger partial charge on any atom is -0.334 e. The Bertz CT molecular complexity index is 1200. The van der Waals surface area contributed by atoms with Crippen LogP contribution in [0.5, 0.6) is 0 Å². The van der Waals surface area contributed by atoms with Gasteiger partial charge in [-0.3, -0.25) is 10.1 Å².